The van der Waals surface area contributed by atoms with E-state index >= 15 is 0 Å². The Labute approximate surface area is 198 Å². The molecule has 4 rings (SSSR count). The van der Waals surface area contributed by atoms with E-state index in [4.69, 9.17) is 0 Å². The topological polar surface area (TPSA) is 66.5 Å². The molecule has 3 amide bonds. The molecule has 0 aliphatic carbocycles. The van der Waals surface area contributed by atoms with Gasteiger partial charge in [-0.15, -0.1) is 23.1 Å². The zero-order valence-corrected chi connectivity index (χ0v) is 19.5. The quantitative estimate of drug-likeness (QED) is 0.340. The number of amides is 3. The first-order chi connectivity index (χ1) is 15.6. The number of imide groups is 1. The van der Waals surface area contributed by atoms with Gasteiger partial charge in [-0.1, -0.05) is 48.5 Å². The molecule has 2 heterocycles. The third-order valence-corrected chi connectivity index (χ3v) is 7.76. The molecule has 0 saturated carbocycles. The summed E-state index contributed by atoms with van der Waals surface area (Å²) in [5.74, 6) is 0.253. The molecule has 2 aromatic carbocycles. The minimum absolute atomic E-state index is 0.132. The fourth-order valence-corrected chi connectivity index (χ4v) is 5.78. The first-order valence-electron chi connectivity index (χ1n) is 9.94. The molecule has 1 saturated heterocycles. The molecule has 0 atom stereocenters. The van der Waals surface area contributed by atoms with E-state index in [-0.39, 0.29) is 30.1 Å². The highest BCUT2D eigenvalue weighted by atomic mass is 32.2. The van der Waals surface area contributed by atoms with Crippen molar-refractivity contribution in [3.8, 4) is 0 Å². The van der Waals surface area contributed by atoms with E-state index in [1.54, 1.807) is 35.2 Å². The lowest BCUT2D eigenvalue weighted by molar-refractivity contribution is -0.122. The lowest BCUT2D eigenvalue weighted by Gasteiger charge is -2.14. The third-order valence-electron chi connectivity index (χ3n) is 4.67. The standard InChI is InChI=1S/C24H20N2O3S3/c27-22(19-10-4-5-11-20(19)31-16-18-9-6-14-30-18)25-12-13-26-23(28)21(32-24(26)29)15-17-7-2-1-3-8-17/h1-11,14-15H,12-13,16H2,(H,25,27)/b21-15-. The largest absolute Gasteiger partial charge is 0.350 e. The van der Waals surface area contributed by atoms with Gasteiger partial charge in [-0.25, -0.2) is 0 Å². The van der Waals surface area contributed by atoms with Gasteiger partial charge in [0.2, 0.25) is 0 Å². The maximum atomic E-state index is 12.7. The molecule has 1 fully saturated rings. The highest BCUT2D eigenvalue weighted by Gasteiger charge is 2.34. The maximum Gasteiger partial charge on any atom is 0.293 e. The number of thioether (sulfide) groups is 2. The summed E-state index contributed by atoms with van der Waals surface area (Å²) in [6.45, 7) is 0.326. The summed E-state index contributed by atoms with van der Waals surface area (Å²) in [5.41, 5.74) is 1.45. The van der Waals surface area contributed by atoms with Crippen molar-refractivity contribution in [2.75, 3.05) is 13.1 Å². The summed E-state index contributed by atoms with van der Waals surface area (Å²) in [5, 5.41) is 4.56. The number of nitrogens with one attached hydrogen (secondary N) is 1. The minimum Gasteiger partial charge on any atom is -0.350 e. The molecule has 32 heavy (non-hydrogen) atoms. The Morgan fingerprint density at radius 1 is 1.00 bits per heavy atom. The first kappa shape index (κ1) is 22.4. The normalized spacial score (nSPS) is 14.9. The molecule has 0 bridgehead atoms. The average molecular weight is 481 g/mol. The van der Waals surface area contributed by atoms with Crippen molar-refractivity contribution in [3.05, 3.63) is 93.0 Å². The smallest absolute Gasteiger partial charge is 0.293 e. The predicted molar refractivity (Wildman–Crippen MR) is 132 cm³/mol. The number of rotatable bonds is 8. The molecule has 3 aromatic rings. The van der Waals surface area contributed by atoms with E-state index in [0.717, 1.165) is 28.0 Å². The summed E-state index contributed by atoms with van der Waals surface area (Å²) in [7, 11) is 0. The van der Waals surface area contributed by atoms with Gasteiger partial charge in [0.15, 0.2) is 0 Å². The molecule has 8 heteroatoms. The van der Waals surface area contributed by atoms with E-state index in [2.05, 4.69) is 11.4 Å². The van der Waals surface area contributed by atoms with E-state index in [1.807, 2.05) is 60.0 Å². The molecular formula is C24H20N2O3S3. The molecule has 1 aliphatic rings. The zero-order chi connectivity index (χ0) is 22.3. The first-order valence-corrected chi connectivity index (χ1v) is 12.6. The molecule has 1 aromatic heterocycles. The highest BCUT2D eigenvalue weighted by Crippen LogP contribution is 2.32. The Kier molecular flexibility index (Phi) is 7.47. The Balaban J connectivity index is 1.34. The Morgan fingerprint density at radius 3 is 2.56 bits per heavy atom. The summed E-state index contributed by atoms with van der Waals surface area (Å²) in [4.78, 5) is 41.4. The van der Waals surface area contributed by atoms with Gasteiger partial charge in [0, 0.05) is 28.6 Å². The molecule has 1 N–H and O–H groups in total. The lowest BCUT2D eigenvalue weighted by atomic mass is 10.2. The van der Waals surface area contributed by atoms with Gasteiger partial charge in [-0.3, -0.25) is 19.3 Å². The van der Waals surface area contributed by atoms with Crippen molar-refractivity contribution >= 4 is 58.0 Å². The van der Waals surface area contributed by atoms with Crippen LogP contribution in [0.3, 0.4) is 0 Å². The zero-order valence-electron chi connectivity index (χ0n) is 17.0. The number of nitrogens with zero attached hydrogens (tertiary/aromatic N) is 1. The third kappa shape index (κ3) is 5.51. The van der Waals surface area contributed by atoms with Crippen molar-refractivity contribution in [3.63, 3.8) is 0 Å². The van der Waals surface area contributed by atoms with Gasteiger partial charge in [0.1, 0.15) is 0 Å². The average Bonchev–Trinajstić information content (AvgIpc) is 3.42. The Bertz CT molecular complexity index is 1140. The minimum atomic E-state index is -0.329. The summed E-state index contributed by atoms with van der Waals surface area (Å²) < 4.78 is 0. The van der Waals surface area contributed by atoms with Crippen LogP contribution >= 0.6 is 34.9 Å². The van der Waals surface area contributed by atoms with Crippen LogP contribution in [0.25, 0.3) is 6.08 Å². The van der Waals surface area contributed by atoms with Crippen LogP contribution in [0.15, 0.2) is 81.9 Å². The Hall–Kier alpha value is -2.81. The molecular weight excluding hydrogens is 460 g/mol. The SMILES string of the molecule is O=C(NCCN1C(=O)S/C(=C\c2ccccc2)C1=O)c1ccccc1SCc1cccs1. The summed E-state index contributed by atoms with van der Waals surface area (Å²) >= 11 is 4.22. The van der Waals surface area contributed by atoms with Crippen LogP contribution < -0.4 is 5.32 Å². The molecule has 5 nitrogen and oxygen atoms in total. The van der Waals surface area contributed by atoms with Crippen molar-refractivity contribution < 1.29 is 14.4 Å². The van der Waals surface area contributed by atoms with Gasteiger partial charge in [-0.2, -0.15) is 0 Å². The second-order valence-electron chi connectivity index (χ2n) is 6.86. The van der Waals surface area contributed by atoms with E-state index in [1.165, 1.54) is 9.78 Å². The summed E-state index contributed by atoms with van der Waals surface area (Å²) in [6, 6.07) is 20.9. The van der Waals surface area contributed by atoms with Crippen LogP contribution in [0.2, 0.25) is 0 Å². The Morgan fingerprint density at radius 2 is 1.78 bits per heavy atom. The van der Waals surface area contributed by atoms with E-state index in [9.17, 15) is 14.4 Å². The van der Waals surface area contributed by atoms with Crippen molar-refractivity contribution in [2.24, 2.45) is 0 Å². The number of hydrogen-bond acceptors (Lipinski definition) is 6. The number of hydrogen-bond donors (Lipinski definition) is 1. The van der Waals surface area contributed by atoms with Crippen molar-refractivity contribution in [2.45, 2.75) is 10.6 Å². The van der Waals surface area contributed by atoms with Crippen LogP contribution in [0.5, 0.6) is 0 Å². The molecule has 162 valence electrons. The van der Waals surface area contributed by atoms with Gasteiger partial charge in [-0.05, 0) is 47.0 Å². The van der Waals surface area contributed by atoms with Crippen LogP contribution in [0, 0.1) is 0 Å². The van der Waals surface area contributed by atoms with Crippen LogP contribution in [0.4, 0.5) is 4.79 Å². The highest BCUT2D eigenvalue weighted by molar-refractivity contribution is 8.18. The number of thiophene rings is 1. The predicted octanol–water partition coefficient (Wildman–Crippen LogP) is 5.51. The van der Waals surface area contributed by atoms with Gasteiger partial charge in [0.25, 0.3) is 17.1 Å². The fraction of sp³-hybridized carbons (Fsp3) is 0.125. The number of carbonyl (C=O) groups excluding carboxylic acids is 3. The number of carbonyl (C=O) groups is 3. The van der Waals surface area contributed by atoms with Crippen LogP contribution in [0.1, 0.15) is 20.8 Å². The van der Waals surface area contributed by atoms with Crippen molar-refractivity contribution in [1.29, 1.82) is 0 Å². The molecule has 0 radical (unpaired) electrons. The second-order valence-corrected chi connectivity index (χ2v) is 9.91. The second kappa shape index (κ2) is 10.7. The van der Waals surface area contributed by atoms with Gasteiger partial charge >= 0.3 is 0 Å². The monoisotopic (exact) mass is 480 g/mol. The number of benzene rings is 2. The van der Waals surface area contributed by atoms with Crippen LogP contribution in [-0.4, -0.2) is 35.0 Å². The maximum absolute atomic E-state index is 12.7. The van der Waals surface area contributed by atoms with E-state index < -0.39 is 0 Å². The molecule has 1 aliphatic heterocycles. The van der Waals surface area contributed by atoms with Crippen molar-refractivity contribution in [1.82, 2.24) is 10.2 Å². The van der Waals surface area contributed by atoms with Crippen LogP contribution in [-0.2, 0) is 10.5 Å². The lowest BCUT2D eigenvalue weighted by Crippen LogP contribution is -2.37. The summed E-state index contributed by atoms with van der Waals surface area (Å²) in [6.07, 6.45) is 1.71. The fourth-order valence-electron chi connectivity index (χ4n) is 3.09. The van der Waals surface area contributed by atoms with Gasteiger partial charge < -0.3 is 5.32 Å². The molecule has 0 unspecified atom stereocenters. The molecule has 0 spiro atoms. The van der Waals surface area contributed by atoms with Gasteiger partial charge in [0.05, 0.1) is 10.5 Å². The van der Waals surface area contributed by atoms with E-state index in [0.29, 0.717) is 10.5 Å².